The van der Waals surface area contributed by atoms with Gasteiger partial charge in [-0.25, -0.2) is 17.8 Å². The number of benzene rings is 1. The van der Waals surface area contributed by atoms with Crippen molar-refractivity contribution in [2.75, 3.05) is 15.8 Å². The van der Waals surface area contributed by atoms with Gasteiger partial charge in [0.2, 0.25) is 15.9 Å². The Hall–Kier alpha value is -2.94. The summed E-state index contributed by atoms with van der Waals surface area (Å²) in [6.07, 6.45) is 8.54. The average Bonchev–Trinajstić information content (AvgIpc) is 3.53. The fourth-order valence-electron chi connectivity index (χ4n) is 4.55. The SMILES string of the molecule is O=C(Nc1cc(-c2ccc(NS(=O)(=O)CC3CCCCC3)c(F)c2)c2cc[nH]c2n1)C1CC1. The van der Waals surface area contributed by atoms with E-state index < -0.39 is 15.8 Å². The zero-order valence-corrected chi connectivity index (χ0v) is 19.1. The number of hydrogen-bond acceptors (Lipinski definition) is 4. The van der Waals surface area contributed by atoms with E-state index in [0.717, 1.165) is 50.3 Å². The number of aromatic nitrogens is 2. The molecule has 0 radical (unpaired) electrons. The monoisotopic (exact) mass is 470 g/mol. The standard InChI is InChI=1S/C24H27FN4O3S/c25-20-12-17(8-9-21(20)29-33(31,32)14-15-4-2-1-3-5-15)19-13-22(28-24(30)16-6-7-16)27-23-18(19)10-11-26-23/h8-13,15-16,29H,1-7,14H2,(H2,26,27,28,30). The Morgan fingerprint density at radius 1 is 1.09 bits per heavy atom. The van der Waals surface area contributed by atoms with Gasteiger partial charge in [0, 0.05) is 17.5 Å². The molecule has 2 saturated carbocycles. The molecule has 5 rings (SSSR count). The van der Waals surface area contributed by atoms with E-state index in [1.807, 2.05) is 6.07 Å². The van der Waals surface area contributed by atoms with Crippen molar-refractivity contribution in [1.82, 2.24) is 9.97 Å². The van der Waals surface area contributed by atoms with Crippen LogP contribution in [-0.2, 0) is 14.8 Å². The van der Waals surface area contributed by atoms with Gasteiger partial charge in [0.1, 0.15) is 17.3 Å². The van der Waals surface area contributed by atoms with Gasteiger partial charge in [-0.2, -0.15) is 0 Å². The summed E-state index contributed by atoms with van der Waals surface area (Å²) in [5.74, 6) is -0.131. The molecule has 0 bridgehead atoms. The zero-order valence-electron chi connectivity index (χ0n) is 18.2. The van der Waals surface area contributed by atoms with Crippen molar-refractivity contribution in [3.05, 3.63) is 42.3 Å². The summed E-state index contributed by atoms with van der Waals surface area (Å²) in [6, 6.07) is 7.99. The molecule has 0 aliphatic heterocycles. The third-order valence-electron chi connectivity index (χ3n) is 6.45. The molecular weight excluding hydrogens is 443 g/mol. The molecule has 2 aliphatic carbocycles. The van der Waals surface area contributed by atoms with Gasteiger partial charge in [-0.3, -0.25) is 9.52 Å². The first kappa shape index (κ1) is 21.9. The normalized spacial score (nSPS) is 17.2. The van der Waals surface area contributed by atoms with Gasteiger partial charge >= 0.3 is 0 Å². The molecule has 1 amide bonds. The van der Waals surface area contributed by atoms with Crippen LogP contribution >= 0.6 is 0 Å². The quantitative estimate of drug-likeness (QED) is 0.450. The highest BCUT2D eigenvalue weighted by molar-refractivity contribution is 7.92. The maximum Gasteiger partial charge on any atom is 0.233 e. The first-order valence-electron chi connectivity index (χ1n) is 11.5. The maximum absolute atomic E-state index is 15.0. The van der Waals surface area contributed by atoms with Gasteiger partial charge in [-0.1, -0.05) is 25.3 Å². The zero-order chi connectivity index (χ0) is 23.0. The highest BCUT2D eigenvalue weighted by Gasteiger charge is 2.30. The lowest BCUT2D eigenvalue weighted by atomic mass is 9.91. The first-order chi connectivity index (χ1) is 15.9. The van der Waals surface area contributed by atoms with Crippen LogP contribution in [0.1, 0.15) is 44.9 Å². The van der Waals surface area contributed by atoms with E-state index in [-0.39, 0.29) is 29.2 Å². The number of fused-ring (bicyclic) bond motifs is 1. The Bertz CT molecular complexity index is 1290. The molecule has 3 N–H and O–H groups in total. The Morgan fingerprint density at radius 2 is 1.88 bits per heavy atom. The third-order valence-corrected chi connectivity index (χ3v) is 7.89. The number of rotatable bonds is 7. The van der Waals surface area contributed by atoms with Crippen LogP contribution in [-0.4, -0.2) is 30.0 Å². The largest absolute Gasteiger partial charge is 0.346 e. The second kappa shape index (κ2) is 8.78. The van der Waals surface area contributed by atoms with E-state index >= 15 is 0 Å². The van der Waals surface area contributed by atoms with E-state index in [0.29, 0.717) is 22.6 Å². The molecule has 174 valence electrons. The number of carbonyl (C=O) groups excluding carboxylic acids is 1. The van der Waals surface area contributed by atoms with Gasteiger partial charge in [0.15, 0.2) is 0 Å². The summed E-state index contributed by atoms with van der Waals surface area (Å²) in [6.45, 7) is 0. The molecule has 33 heavy (non-hydrogen) atoms. The smallest absolute Gasteiger partial charge is 0.233 e. The van der Waals surface area contributed by atoms with Crippen LogP contribution in [0.4, 0.5) is 15.9 Å². The summed E-state index contributed by atoms with van der Waals surface area (Å²) in [5, 5.41) is 3.62. The van der Waals surface area contributed by atoms with Crippen molar-refractivity contribution in [2.45, 2.75) is 44.9 Å². The van der Waals surface area contributed by atoms with E-state index in [9.17, 15) is 17.6 Å². The van der Waals surface area contributed by atoms with Crippen molar-refractivity contribution < 1.29 is 17.6 Å². The summed E-state index contributed by atoms with van der Waals surface area (Å²) in [5.41, 5.74) is 1.78. The molecule has 2 aromatic heterocycles. The molecule has 2 aliphatic rings. The van der Waals surface area contributed by atoms with Crippen LogP contribution in [0.2, 0.25) is 0 Å². The number of sulfonamides is 1. The summed E-state index contributed by atoms with van der Waals surface area (Å²) < 4.78 is 42.6. The summed E-state index contributed by atoms with van der Waals surface area (Å²) in [7, 11) is -3.63. The van der Waals surface area contributed by atoms with Gasteiger partial charge in [-0.15, -0.1) is 0 Å². The Morgan fingerprint density at radius 3 is 2.61 bits per heavy atom. The van der Waals surface area contributed by atoms with Crippen LogP contribution in [0.25, 0.3) is 22.2 Å². The summed E-state index contributed by atoms with van der Waals surface area (Å²) >= 11 is 0. The summed E-state index contributed by atoms with van der Waals surface area (Å²) in [4.78, 5) is 19.7. The Labute approximate surface area is 192 Å². The number of pyridine rings is 1. The molecule has 0 unspecified atom stereocenters. The van der Waals surface area contributed by atoms with Crippen LogP contribution < -0.4 is 10.0 Å². The fraction of sp³-hybridized carbons (Fsp3) is 0.417. The minimum atomic E-state index is -3.63. The van der Waals surface area contributed by atoms with Gasteiger partial charge in [0.05, 0.1) is 11.4 Å². The number of halogens is 1. The topological polar surface area (TPSA) is 104 Å². The predicted octanol–water partition coefficient (Wildman–Crippen LogP) is 5.04. The van der Waals surface area contributed by atoms with Crippen molar-refractivity contribution in [2.24, 2.45) is 11.8 Å². The molecule has 0 atom stereocenters. The van der Waals surface area contributed by atoms with Crippen LogP contribution in [0.5, 0.6) is 0 Å². The lowest BCUT2D eigenvalue weighted by Gasteiger charge is -2.21. The number of nitrogens with one attached hydrogen (secondary N) is 3. The first-order valence-corrected chi connectivity index (χ1v) is 13.1. The van der Waals surface area contributed by atoms with E-state index in [2.05, 4.69) is 20.0 Å². The van der Waals surface area contributed by atoms with Crippen molar-refractivity contribution in [3.8, 4) is 11.1 Å². The molecule has 2 heterocycles. The van der Waals surface area contributed by atoms with E-state index in [1.165, 1.54) is 12.1 Å². The van der Waals surface area contributed by atoms with Gasteiger partial charge < -0.3 is 10.3 Å². The average molecular weight is 471 g/mol. The minimum absolute atomic E-state index is 0.0204. The van der Waals surface area contributed by atoms with Crippen LogP contribution in [0, 0.1) is 17.7 Å². The number of amides is 1. The number of carbonyl (C=O) groups is 1. The fourth-order valence-corrected chi connectivity index (χ4v) is 6.09. The number of aromatic amines is 1. The van der Waals surface area contributed by atoms with E-state index in [1.54, 1.807) is 18.3 Å². The second-order valence-electron chi connectivity index (χ2n) is 9.14. The highest BCUT2D eigenvalue weighted by Crippen LogP contribution is 2.34. The number of hydrogen-bond donors (Lipinski definition) is 3. The molecule has 1 aromatic carbocycles. The minimum Gasteiger partial charge on any atom is -0.346 e. The highest BCUT2D eigenvalue weighted by atomic mass is 32.2. The van der Waals surface area contributed by atoms with Crippen LogP contribution in [0.3, 0.4) is 0 Å². The van der Waals surface area contributed by atoms with Crippen molar-refractivity contribution in [3.63, 3.8) is 0 Å². The number of nitrogens with zero attached hydrogens (tertiary/aromatic N) is 1. The molecule has 0 spiro atoms. The molecule has 0 saturated heterocycles. The van der Waals surface area contributed by atoms with Gasteiger partial charge in [-0.05, 0) is 67.0 Å². The van der Waals surface area contributed by atoms with Crippen molar-refractivity contribution in [1.29, 1.82) is 0 Å². The number of anilines is 2. The predicted molar refractivity (Wildman–Crippen MR) is 127 cm³/mol. The second-order valence-corrected chi connectivity index (χ2v) is 10.9. The molecule has 3 aromatic rings. The Kier molecular flexibility index (Phi) is 5.82. The van der Waals surface area contributed by atoms with E-state index in [4.69, 9.17) is 0 Å². The third kappa shape index (κ3) is 5.03. The van der Waals surface area contributed by atoms with Crippen LogP contribution in [0.15, 0.2) is 36.5 Å². The van der Waals surface area contributed by atoms with Gasteiger partial charge in [0.25, 0.3) is 0 Å². The molecule has 2 fully saturated rings. The van der Waals surface area contributed by atoms with Crippen molar-refractivity contribution >= 4 is 38.5 Å². The lowest BCUT2D eigenvalue weighted by Crippen LogP contribution is -2.24. The lowest BCUT2D eigenvalue weighted by molar-refractivity contribution is -0.117. The Balaban J connectivity index is 1.39. The molecule has 9 heteroatoms. The maximum atomic E-state index is 15.0. The molecule has 7 nitrogen and oxygen atoms in total. The number of H-pyrrole nitrogens is 1. The molecular formula is C24H27FN4O3S.